The van der Waals surface area contributed by atoms with E-state index in [1.807, 2.05) is 45.0 Å². The molecule has 0 atom stereocenters. The van der Waals surface area contributed by atoms with Crippen molar-refractivity contribution >= 4 is 0 Å². The number of rotatable bonds is 4. The molecule has 0 heterocycles. The fourth-order valence-corrected chi connectivity index (χ4v) is 1.22. The van der Waals surface area contributed by atoms with E-state index in [0.29, 0.717) is 0 Å². The third-order valence-electron chi connectivity index (χ3n) is 1.78. The van der Waals surface area contributed by atoms with Crippen LogP contribution in [0.5, 0.6) is 0 Å². The molecule has 0 radical (unpaired) electrons. The van der Waals surface area contributed by atoms with Crippen LogP contribution in [0.25, 0.3) is 0 Å². The Morgan fingerprint density at radius 3 is 2.21 bits per heavy atom. The molecule has 0 rings (SSSR count). The normalized spacial score (nSPS) is 15.2. The smallest absolute Gasteiger partial charge is 0.0972 e. The van der Waals surface area contributed by atoms with E-state index in [-0.39, 0.29) is 5.83 Å². The number of nitrogens with zero attached hydrogens (tertiary/aromatic N) is 1. The molecule has 0 aliphatic heterocycles. The lowest BCUT2D eigenvalue weighted by molar-refractivity contribution is 0.447. The van der Waals surface area contributed by atoms with E-state index in [4.69, 9.17) is 0 Å². The lowest BCUT2D eigenvalue weighted by Crippen LogP contribution is -2.15. The summed E-state index contributed by atoms with van der Waals surface area (Å²) in [6, 6.07) is 0. The number of hydrogen-bond acceptors (Lipinski definition) is 1. The Balaban J connectivity index is 4.88. The summed E-state index contributed by atoms with van der Waals surface area (Å²) >= 11 is 0. The van der Waals surface area contributed by atoms with Gasteiger partial charge >= 0.3 is 0 Å². The third-order valence-corrected chi connectivity index (χ3v) is 1.78. The van der Waals surface area contributed by atoms with E-state index >= 15 is 0 Å². The van der Waals surface area contributed by atoms with Crippen molar-refractivity contribution in [3.8, 4) is 0 Å². The molecule has 0 spiro atoms. The first-order chi connectivity index (χ1) is 6.47. The molecule has 0 aromatic carbocycles. The van der Waals surface area contributed by atoms with Crippen molar-refractivity contribution in [2.75, 3.05) is 20.6 Å². The van der Waals surface area contributed by atoms with Crippen LogP contribution in [0.3, 0.4) is 0 Å². The van der Waals surface area contributed by atoms with Gasteiger partial charge in [0.05, 0.1) is 5.83 Å². The molecule has 0 amide bonds. The predicted molar refractivity (Wildman–Crippen MR) is 60.9 cm³/mol. The van der Waals surface area contributed by atoms with Crippen LogP contribution in [0, 0.1) is 0 Å². The Morgan fingerprint density at radius 2 is 1.86 bits per heavy atom. The maximum atomic E-state index is 12.8. The van der Waals surface area contributed by atoms with Gasteiger partial charge in [-0.15, -0.1) is 0 Å². The Morgan fingerprint density at radius 1 is 1.29 bits per heavy atom. The van der Waals surface area contributed by atoms with Gasteiger partial charge in [-0.1, -0.05) is 12.2 Å². The molecular weight excluding hydrogens is 177 g/mol. The maximum Gasteiger partial charge on any atom is 0.0972 e. The van der Waals surface area contributed by atoms with Crippen LogP contribution < -0.4 is 0 Å². The Kier molecular flexibility index (Phi) is 6.13. The van der Waals surface area contributed by atoms with Crippen molar-refractivity contribution in [3.63, 3.8) is 0 Å². The molecule has 0 saturated carbocycles. The van der Waals surface area contributed by atoms with E-state index in [9.17, 15) is 4.39 Å². The highest BCUT2D eigenvalue weighted by Crippen LogP contribution is 2.11. The van der Waals surface area contributed by atoms with Crippen molar-refractivity contribution in [3.05, 3.63) is 35.2 Å². The lowest BCUT2D eigenvalue weighted by Gasteiger charge is -2.12. The molecule has 0 unspecified atom stereocenters. The summed E-state index contributed by atoms with van der Waals surface area (Å²) in [7, 11) is 3.95. The molecule has 0 saturated heterocycles. The van der Waals surface area contributed by atoms with E-state index in [0.717, 1.165) is 17.7 Å². The molecule has 0 fully saturated rings. The minimum atomic E-state index is -0.147. The molecule has 0 aliphatic rings. The monoisotopic (exact) mass is 197 g/mol. The van der Waals surface area contributed by atoms with Crippen LogP contribution >= 0.6 is 0 Å². The van der Waals surface area contributed by atoms with Gasteiger partial charge < -0.3 is 4.90 Å². The summed E-state index contributed by atoms with van der Waals surface area (Å²) in [5, 5.41) is 0. The summed E-state index contributed by atoms with van der Waals surface area (Å²) in [6.45, 7) is 6.19. The number of hydrogen-bond donors (Lipinski definition) is 0. The average molecular weight is 197 g/mol. The number of allylic oxidation sites excluding steroid dienone is 4. The second-order valence-electron chi connectivity index (χ2n) is 3.68. The Hall–Kier alpha value is -0.890. The van der Waals surface area contributed by atoms with E-state index in [1.54, 1.807) is 6.08 Å². The van der Waals surface area contributed by atoms with Crippen LogP contribution in [-0.2, 0) is 0 Å². The van der Waals surface area contributed by atoms with Gasteiger partial charge in [0.1, 0.15) is 0 Å². The zero-order valence-corrected chi connectivity index (χ0v) is 9.76. The average Bonchev–Trinajstić information content (AvgIpc) is 2.01. The fraction of sp³-hybridized carbons (Fsp3) is 0.500. The van der Waals surface area contributed by atoms with Crippen molar-refractivity contribution in [2.24, 2.45) is 0 Å². The molecule has 14 heavy (non-hydrogen) atoms. The molecule has 1 nitrogen and oxygen atoms in total. The summed E-state index contributed by atoms with van der Waals surface area (Å²) in [4.78, 5) is 2.03. The zero-order valence-electron chi connectivity index (χ0n) is 9.76. The van der Waals surface area contributed by atoms with Crippen molar-refractivity contribution in [1.29, 1.82) is 0 Å². The zero-order chi connectivity index (χ0) is 11.1. The molecular formula is C12H20FN. The second-order valence-corrected chi connectivity index (χ2v) is 3.68. The van der Waals surface area contributed by atoms with Crippen molar-refractivity contribution in [1.82, 2.24) is 4.90 Å². The van der Waals surface area contributed by atoms with Crippen LogP contribution in [0.15, 0.2) is 35.2 Å². The Bertz CT molecular complexity index is 255. The number of likely N-dealkylation sites (N-methyl/N-ethyl adjacent to an activating group) is 1. The van der Waals surface area contributed by atoms with E-state index in [1.165, 1.54) is 6.92 Å². The predicted octanol–water partition coefficient (Wildman–Crippen LogP) is 3.31. The van der Waals surface area contributed by atoms with Crippen molar-refractivity contribution < 1.29 is 4.39 Å². The van der Waals surface area contributed by atoms with Gasteiger partial charge in [-0.3, -0.25) is 0 Å². The minimum absolute atomic E-state index is 0.147. The first kappa shape index (κ1) is 13.1. The quantitative estimate of drug-likeness (QED) is 0.625. The summed E-state index contributed by atoms with van der Waals surface area (Å²) in [6.07, 6.45) is 5.56. The third kappa shape index (κ3) is 5.70. The van der Waals surface area contributed by atoms with Crippen molar-refractivity contribution in [2.45, 2.75) is 20.8 Å². The minimum Gasteiger partial charge on any atom is -0.305 e. The summed E-state index contributed by atoms with van der Waals surface area (Å²) in [5.41, 5.74) is 2.13. The maximum absolute atomic E-state index is 12.8. The van der Waals surface area contributed by atoms with Gasteiger partial charge in [-0.25, -0.2) is 4.39 Å². The molecule has 0 bridgehead atoms. The SMILES string of the molecule is C\C=C/C(C)=C(\C=C(/C)F)CN(C)C. The van der Waals surface area contributed by atoms with Crippen LogP contribution in [0.2, 0.25) is 0 Å². The van der Waals surface area contributed by atoms with E-state index in [2.05, 4.69) is 0 Å². The van der Waals surface area contributed by atoms with Gasteiger partial charge in [0.2, 0.25) is 0 Å². The standard InChI is InChI=1S/C12H20FN/c1-6-7-10(2)12(8-11(3)13)9-14(4)5/h6-8H,9H2,1-5H3/b7-6-,11-8+,12-10+. The molecule has 2 heteroatoms. The lowest BCUT2D eigenvalue weighted by atomic mass is 10.1. The van der Waals surface area contributed by atoms with Gasteiger partial charge in [-0.05, 0) is 52.1 Å². The van der Waals surface area contributed by atoms with Crippen LogP contribution in [-0.4, -0.2) is 25.5 Å². The van der Waals surface area contributed by atoms with Gasteiger partial charge in [0, 0.05) is 6.54 Å². The second kappa shape index (κ2) is 6.55. The number of halogens is 1. The highest BCUT2D eigenvalue weighted by Gasteiger charge is 2.00. The van der Waals surface area contributed by atoms with Gasteiger partial charge in [0.25, 0.3) is 0 Å². The summed E-state index contributed by atoms with van der Waals surface area (Å²) < 4.78 is 12.8. The first-order valence-corrected chi connectivity index (χ1v) is 4.78. The molecule has 0 aromatic heterocycles. The molecule has 0 aromatic rings. The van der Waals surface area contributed by atoms with E-state index < -0.39 is 0 Å². The molecule has 0 aliphatic carbocycles. The van der Waals surface area contributed by atoms with Gasteiger partial charge in [-0.2, -0.15) is 0 Å². The molecule has 0 N–H and O–H groups in total. The first-order valence-electron chi connectivity index (χ1n) is 4.78. The highest BCUT2D eigenvalue weighted by atomic mass is 19.1. The summed E-state index contributed by atoms with van der Waals surface area (Å²) in [5.74, 6) is -0.147. The van der Waals surface area contributed by atoms with Crippen LogP contribution in [0.1, 0.15) is 20.8 Å². The van der Waals surface area contributed by atoms with Crippen LogP contribution in [0.4, 0.5) is 4.39 Å². The largest absolute Gasteiger partial charge is 0.305 e. The highest BCUT2D eigenvalue weighted by molar-refractivity contribution is 5.33. The fourth-order valence-electron chi connectivity index (χ4n) is 1.22. The molecule has 80 valence electrons. The Labute approximate surface area is 86.6 Å². The van der Waals surface area contributed by atoms with Gasteiger partial charge in [0.15, 0.2) is 0 Å². The topological polar surface area (TPSA) is 3.24 Å².